The van der Waals surface area contributed by atoms with Crippen LogP contribution in [0.3, 0.4) is 0 Å². The van der Waals surface area contributed by atoms with Gasteiger partial charge in [0, 0.05) is 0 Å². The van der Waals surface area contributed by atoms with E-state index in [1.54, 1.807) is 0 Å². The van der Waals surface area contributed by atoms with Gasteiger partial charge in [-0.15, -0.1) is 6.58 Å². The van der Waals surface area contributed by atoms with Gasteiger partial charge >= 0.3 is 0 Å². The monoisotopic (exact) mass is 200 g/mol. The predicted octanol–water partition coefficient (Wildman–Crippen LogP) is 4.53. The fourth-order valence-corrected chi connectivity index (χ4v) is 1.53. The molecule has 1 aromatic carbocycles. The first-order valence-electron chi connectivity index (χ1n) is 5.63. The van der Waals surface area contributed by atoms with Crippen LogP contribution >= 0.6 is 0 Å². The molecule has 0 atom stereocenters. The second-order valence-electron chi connectivity index (χ2n) is 3.92. The maximum absolute atomic E-state index is 3.73. The summed E-state index contributed by atoms with van der Waals surface area (Å²) in [5.74, 6) is 0. The first kappa shape index (κ1) is 11.8. The minimum absolute atomic E-state index is 1.06. The van der Waals surface area contributed by atoms with Crippen molar-refractivity contribution in [3.63, 3.8) is 0 Å². The van der Waals surface area contributed by atoms with Gasteiger partial charge in [0.2, 0.25) is 0 Å². The summed E-state index contributed by atoms with van der Waals surface area (Å²) in [7, 11) is 0. The van der Waals surface area contributed by atoms with Crippen molar-refractivity contribution in [2.24, 2.45) is 0 Å². The summed E-state index contributed by atoms with van der Waals surface area (Å²) in [4.78, 5) is 0. The third-order valence-corrected chi connectivity index (χ3v) is 2.51. The zero-order valence-electron chi connectivity index (χ0n) is 9.58. The van der Waals surface area contributed by atoms with Gasteiger partial charge in [0.05, 0.1) is 0 Å². The number of unbranched alkanes of at least 4 members (excludes halogenated alkanes) is 1. The molecule has 0 aliphatic heterocycles. The van der Waals surface area contributed by atoms with E-state index in [0.29, 0.717) is 0 Å². The Hall–Kier alpha value is -1.30. The Balaban J connectivity index is 2.33. The van der Waals surface area contributed by atoms with Crippen molar-refractivity contribution in [1.82, 2.24) is 0 Å². The highest BCUT2D eigenvalue weighted by Crippen LogP contribution is 2.09. The Morgan fingerprint density at radius 1 is 1.27 bits per heavy atom. The molecule has 0 aromatic heterocycles. The standard InChI is InChI=1S/C15H20/c1-3-4-6-9-14(2)12-13-15-10-7-5-8-11-15/h3,5,7-8,10-12H,1,4,6,9,13H2,2H3/b14-12+. The van der Waals surface area contributed by atoms with Gasteiger partial charge in [-0.3, -0.25) is 0 Å². The van der Waals surface area contributed by atoms with Gasteiger partial charge in [-0.2, -0.15) is 0 Å². The van der Waals surface area contributed by atoms with Crippen molar-refractivity contribution in [1.29, 1.82) is 0 Å². The first-order chi connectivity index (χ1) is 7.33. The molecule has 15 heavy (non-hydrogen) atoms. The molecule has 0 saturated heterocycles. The highest BCUT2D eigenvalue weighted by Gasteiger charge is 1.91. The molecule has 80 valence electrons. The number of hydrogen-bond donors (Lipinski definition) is 0. The molecule has 0 aliphatic carbocycles. The van der Waals surface area contributed by atoms with Gasteiger partial charge in [0.25, 0.3) is 0 Å². The minimum Gasteiger partial charge on any atom is -0.103 e. The molecule has 0 aliphatic rings. The summed E-state index contributed by atoms with van der Waals surface area (Å²) in [6, 6.07) is 10.6. The summed E-state index contributed by atoms with van der Waals surface area (Å²) in [5.41, 5.74) is 2.88. The quantitative estimate of drug-likeness (QED) is 0.467. The molecule has 0 heterocycles. The lowest BCUT2D eigenvalue weighted by Gasteiger charge is -2.00. The third kappa shape index (κ3) is 5.21. The van der Waals surface area contributed by atoms with Crippen LogP contribution in [0, 0.1) is 0 Å². The zero-order valence-corrected chi connectivity index (χ0v) is 9.58. The molecule has 1 aromatic rings. The van der Waals surface area contributed by atoms with Gasteiger partial charge in [0.1, 0.15) is 0 Å². The van der Waals surface area contributed by atoms with Crippen LogP contribution in [-0.4, -0.2) is 0 Å². The number of allylic oxidation sites excluding steroid dienone is 3. The third-order valence-electron chi connectivity index (χ3n) is 2.51. The highest BCUT2D eigenvalue weighted by atomic mass is 14.0. The Labute approximate surface area is 93.3 Å². The summed E-state index contributed by atoms with van der Waals surface area (Å²) < 4.78 is 0. The summed E-state index contributed by atoms with van der Waals surface area (Å²) in [5, 5.41) is 0. The summed E-state index contributed by atoms with van der Waals surface area (Å²) in [6.45, 7) is 5.95. The lowest BCUT2D eigenvalue weighted by molar-refractivity contribution is 0.829. The van der Waals surface area contributed by atoms with Crippen molar-refractivity contribution in [2.45, 2.75) is 32.6 Å². The van der Waals surface area contributed by atoms with E-state index in [4.69, 9.17) is 0 Å². The Kier molecular flexibility index (Phi) is 5.54. The van der Waals surface area contributed by atoms with Gasteiger partial charge in [0.15, 0.2) is 0 Å². The Morgan fingerprint density at radius 3 is 2.67 bits per heavy atom. The van der Waals surface area contributed by atoms with E-state index in [-0.39, 0.29) is 0 Å². The van der Waals surface area contributed by atoms with Crippen molar-refractivity contribution >= 4 is 0 Å². The molecule has 0 unspecified atom stereocenters. The fraction of sp³-hybridized carbons (Fsp3) is 0.333. The minimum atomic E-state index is 1.06. The molecule has 0 fully saturated rings. The molecule has 0 radical (unpaired) electrons. The van der Waals surface area contributed by atoms with Crippen LogP contribution in [0.15, 0.2) is 54.6 Å². The van der Waals surface area contributed by atoms with E-state index >= 15 is 0 Å². The summed E-state index contributed by atoms with van der Waals surface area (Å²) in [6.07, 6.45) is 8.92. The maximum atomic E-state index is 3.73. The molecule has 0 nitrogen and oxygen atoms in total. The lowest BCUT2D eigenvalue weighted by atomic mass is 10.1. The van der Waals surface area contributed by atoms with E-state index in [1.165, 1.54) is 24.0 Å². The topological polar surface area (TPSA) is 0 Å². The van der Waals surface area contributed by atoms with Crippen LogP contribution < -0.4 is 0 Å². The predicted molar refractivity (Wildman–Crippen MR) is 68.0 cm³/mol. The Morgan fingerprint density at radius 2 is 2.00 bits per heavy atom. The maximum Gasteiger partial charge on any atom is -0.00949 e. The molecule has 0 bridgehead atoms. The molecular weight excluding hydrogens is 180 g/mol. The SMILES string of the molecule is C=CCCC/C(C)=C/Cc1ccccc1. The van der Waals surface area contributed by atoms with Crippen LogP contribution in [-0.2, 0) is 6.42 Å². The molecule has 0 saturated carbocycles. The van der Waals surface area contributed by atoms with Gasteiger partial charge < -0.3 is 0 Å². The smallest absolute Gasteiger partial charge is 0.00949 e. The van der Waals surface area contributed by atoms with E-state index in [1.807, 2.05) is 6.08 Å². The van der Waals surface area contributed by atoms with Gasteiger partial charge in [-0.25, -0.2) is 0 Å². The van der Waals surface area contributed by atoms with Crippen LogP contribution in [0.4, 0.5) is 0 Å². The van der Waals surface area contributed by atoms with E-state index in [9.17, 15) is 0 Å². The second kappa shape index (κ2) is 7.05. The molecule has 0 amide bonds. The number of hydrogen-bond acceptors (Lipinski definition) is 0. The van der Waals surface area contributed by atoms with Crippen LogP contribution in [0.1, 0.15) is 31.7 Å². The largest absolute Gasteiger partial charge is 0.103 e. The second-order valence-corrected chi connectivity index (χ2v) is 3.92. The van der Waals surface area contributed by atoms with Crippen molar-refractivity contribution in [2.75, 3.05) is 0 Å². The highest BCUT2D eigenvalue weighted by molar-refractivity contribution is 5.18. The van der Waals surface area contributed by atoms with Crippen molar-refractivity contribution in [3.8, 4) is 0 Å². The van der Waals surface area contributed by atoms with Crippen molar-refractivity contribution in [3.05, 3.63) is 60.2 Å². The van der Waals surface area contributed by atoms with Crippen LogP contribution in [0.25, 0.3) is 0 Å². The van der Waals surface area contributed by atoms with E-state index in [0.717, 1.165) is 12.8 Å². The summed E-state index contributed by atoms with van der Waals surface area (Å²) >= 11 is 0. The molecule has 1 rings (SSSR count). The normalized spacial score (nSPS) is 11.4. The molecular formula is C15H20. The fourth-order valence-electron chi connectivity index (χ4n) is 1.53. The lowest BCUT2D eigenvalue weighted by Crippen LogP contribution is -1.83. The van der Waals surface area contributed by atoms with Gasteiger partial charge in [-0.05, 0) is 38.2 Å². The average Bonchev–Trinajstić information content (AvgIpc) is 2.28. The molecule has 0 heteroatoms. The zero-order chi connectivity index (χ0) is 10.9. The van der Waals surface area contributed by atoms with Crippen LogP contribution in [0.2, 0.25) is 0 Å². The number of rotatable bonds is 6. The van der Waals surface area contributed by atoms with Crippen LogP contribution in [0.5, 0.6) is 0 Å². The molecule has 0 N–H and O–H groups in total. The first-order valence-corrected chi connectivity index (χ1v) is 5.63. The number of benzene rings is 1. The van der Waals surface area contributed by atoms with E-state index in [2.05, 4.69) is 49.9 Å². The average molecular weight is 200 g/mol. The Bertz CT molecular complexity index is 306. The van der Waals surface area contributed by atoms with E-state index < -0.39 is 0 Å². The van der Waals surface area contributed by atoms with Gasteiger partial charge in [-0.1, -0.05) is 48.1 Å². The molecule has 0 spiro atoms. The van der Waals surface area contributed by atoms with Crippen molar-refractivity contribution < 1.29 is 0 Å².